The summed E-state index contributed by atoms with van der Waals surface area (Å²) >= 11 is 1.28. The van der Waals surface area contributed by atoms with Crippen LogP contribution in [0.2, 0.25) is 0 Å². The van der Waals surface area contributed by atoms with Crippen LogP contribution in [0.1, 0.15) is 51.3 Å². The first-order valence-corrected chi connectivity index (χ1v) is 9.31. The van der Waals surface area contributed by atoms with E-state index in [2.05, 4.69) is 21.6 Å². The zero-order valence-electron chi connectivity index (χ0n) is 14.6. The number of carbonyl (C=O) groups is 2. The fourth-order valence-electron chi connectivity index (χ4n) is 2.87. The maximum atomic E-state index is 12.5. The van der Waals surface area contributed by atoms with E-state index in [1.165, 1.54) is 11.8 Å². The van der Waals surface area contributed by atoms with E-state index in [9.17, 15) is 14.9 Å². The lowest BCUT2D eigenvalue weighted by molar-refractivity contribution is -0.122. The topological polar surface area (TPSA) is 127 Å². The molecule has 3 N–H and O–H groups in total. The van der Waals surface area contributed by atoms with Crippen LogP contribution >= 0.6 is 11.8 Å². The van der Waals surface area contributed by atoms with E-state index in [-0.39, 0.29) is 18.2 Å². The van der Waals surface area contributed by atoms with E-state index < -0.39 is 10.8 Å². The molecule has 0 radical (unpaired) electrons. The van der Waals surface area contributed by atoms with Gasteiger partial charge in [-0.15, -0.1) is 10.2 Å². The number of nitriles is 1. The van der Waals surface area contributed by atoms with E-state index in [0.717, 1.165) is 19.3 Å². The number of primary amides is 1. The quantitative estimate of drug-likeness (QED) is 0.696. The first-order valence-electron chi connectivity index (χ1n) is 8.43. The minimum Gasteiger partial charge on any atom is -0.370 e. The van der Waals surface area contributed by atoms with Gasteiger partial charge >= 0.3 is 0 Å². The Kier molecular flexibility index (Phi) is 6.42. The Bertz CT molecular complexity index is 675. The number of nitrogens with two attached hydrogens (primary N) is 1. The molecule has 0 aromatic carbocycles. The van der Waals surface area contributed by atoms with Crippen LogP contribution in [0.15, 0.2) is 5.16 Å². The highest BCUT2D eigenvalue weighted by Crippen LogP contribution is 2.29. The summed E-state index contributed by atoms with van der Waals surface area (Å²) in [5.41, 5.74) is 4.41. The van der Waals surface area contributed by atoms with Crippen molar-refractivity contribution in [2.75, 3.05) is 0 Å². The van der Waals surface area contributed by atoms with Gasteiger partial charge < -0.3 is 15.6 Å². The van der Waals surface area contributed by atoms with Crippen molar-refractivity contribution in [2.24, 2.45) is 12.8 Å². The fraction of sp³-hybridized carbons (Fsp3) is 0.688. The molecule has 1 aliphatic carbocycles. The lowest BCUT2D eigenvalue weighted by atomic mass is 9.83. The van der Waals surface area contributed by atoms with Gasteiger partial charge in [0.05, 0.1) is 11.3 Å². The highest BCUT2D eigenvalue weighted by molar-refractivity contribution is 8.00. The first-order chi connectivity index (χ1) is 11.9. The molecule has 0 bridgehead atoms. The van der Waals surface area contributed by atoms with Gasteiger partial charge in [0.25, 0.3) is 0 Å². The summed E-state index contributed by atoms with van der Waals surface area (Å²) in [6, 6.07) is 2.29. The average molecular weight is 364 g/mol. The van der Waals surface area contributed by atoms with Gasteiger partial charge in [0.2, 0.25) is 11.8 Å². The Morgan fingerprint density at radius 2 is 2.08 bits per heavy atom. The van der Waals surface area contributed by atoms with Crippen LogP contribution in [-0.2, 0) is 23.1 Å². The molecule has 0 aliphatic heterocycles. The van der Waals surface area contributed by atoms with Gasteiger partial charge in [-0.1, -0.05) is 31.0 Å². The van der Waals surface area contributed by atoms with Gasteiger partial charge in [0, 0.05) is 19.9 Å². The Labute approximate surface area is 151 Å². The molecule has 8 nitrogen and oxygen atoms in total. The number of hydrogen-bond acceptors (Lipinski definition) is 6. The number of hydrogen-bond donors (Lipinski definition) is 2. The predicted octanol–water partition coefficient (Wildman–Crippen LogP) is 1.06. The highest BCUT2D eigenvalue weighted by atomic mass is 32.2. The normalized spacial score (nSPS) is 17.5. The summed E-state index contributed by atoms with van der Waals surface area (Å²) in [7, 11) is 1.79. The van der Waals surface area contributed by atoms with Crippen molar-refractivity contribution in [2.45, 2.75) is 67.8 Å². The summed E-state index contributed by atoms with van der Waals surface area (Å²) in [4.78, 5) is 23.4. The van der Waals surface area contributed by atoms with Gasteiger partial charge in [0.15, 0.2) is 5.16 Å². The third-order valence-corrected chi connectivity index (χ3v) is 5.59. The van der Waals surface area contributed by atoms with Gasteiger partial charge in [-0.25, -0.2) is 0 Å². The Balaban J connectivity index is 1.97. The second-order valence-corrected chi connectivity index (χ2v) is 7.74. The molecule has 1 atom stereocenters. The zero-order valence-corrected chi connectivity index (χ0v) is 15.4. The molecule has 1 fully saturated rings. The summed E-state index contributed by atoms with van der Waals surface area (Å²) in [6.45, 7) is 1.78. The van der Waals surface area contributed by atoms with Crippen LogP contribution in [0.4, 0.5) is 0 Å². The number of thioether (sulfide) groups is 1. The molecule has 1 aromatic heterocycles. The average Bonchev–Trinajstić information content (AvgIpc) is 2.93. The number of nitrogens with zero attached hydrogens (tertiary/aromatic N) is 4. The van der Waals surface area contributed by atoms with Crippen molar-refractivity contribution in [1.29, 1.82) is 5.26 Å². The molecule has 2 rings (SSSR count). The predicted molar refractivity (Wildman–Crippen MR) is 93.4 cm³/mol. The second-order valence-electron chi connectivity index (χ2n) is 6.43. The van der Waals surface area contributed by atoms with Gasteiger partial charge in [-0.2, -0.15) is 5.26 Å². The Morgan fingerprint density at radius 3 is 2.68 bits per heavy atom. The molecular weight excluding hydrogens is 340 g/mol. The fourth-order valence-corrected chi connectivity index (χ4v) is 3.70. The van der Waals surface area contributed by atoms with Crippen LogP contribution in [0, 0.1) is 11.3 Å². The number of aryl methyl sites for hydroxylation is 1. The SMILES string of the molecule is C[C@@H](Sc1nnc(CCC(N)=O)n1C)C(=O)NC1(C#N)CCCCC1. The summed E-state index contributed by atoms with van der Waals surface area (Å²) in [5.74, 6) is 0.0871. The molecule has 2 amide bonds. The van der Waals surface area contributed by atoms with E-state index in [1.54, 1.807) is 18.5 Å². The van der Waals surface area contributed by atoms with Gasteiger partial charge in [-0.3, -0.25) is 9.59 Å². The van der Waals surface area contributed by atoms with Crippen molar-refractivity contribution in [3.05, 3.63) is 5.82 Å². The van der Waals surface area contributed by atoms with Gasteiger partial charge in [0.1, 0.15) is 11.4 Å². The summed E-state index contributed by atoms with van der Waals surface area (Å²) in [6.07, 6.45) is 5.05. The number of amides is 2. The second kappa shape index (κ2) is 8.34. The van der Waals surface area contributed by atoms with Crippen LogP contribution < -0.4 is 11.1 Å². The van der Waals surface area contributed by atoms with Crippen molar-refractivity contribution >= 4 is 23.6 Å². The molecule has 0 unspecified atom stereocenters. The number of aromatic nitrogens is 3. The largest absolute Gasteiger partial charge is 0.370 e. The maximum absolute atomic E-state index is 12.5. The first kappa shape index (κ1) is 19.2. The Morgan fingerprint density at radius 1 is 1.40 bits per heavy atom. The molecule has 136 valence electrons. The van der Waals surface area contributed by atoms with Crippen LogP contribution in [-0.4, -0.2) is 37.4 Å². The van der Waals surface area contributed by atoms with Crippen LogP contribution in [0.3, 0.4) is 0 Å². The minimum absolute atomic E-state index is 0.171. The third-order valence-electron chi connectivity index (χ3n) is 4.46. The third kappa shape index (κ3) is 4.95. The van der Waals surface area contributed by atoms with Crippen molar-refractivity contribution in [3.8, 4) is 6.07 Å². The zero-order chi connectivity index (χ0) is 18.4. The van der Waals surface area contributed by atoms with E-state index in [1.807, 2.05) is 0 Å². The van der Waals surface area contributed by atoms with Gasteiger partial charge in [-0.05, 0) is 19.8 Å². The monoisotopic (exact) mass is 364 g/mol. The number of rotatable bonds is 7. The lowest BCUT2D eigenvalue weighted by Crippen LogP contribution is -2.50. The number of carbonyl (C=O) groups excluding carboxylic acids is 2. The molecule has 0 saturated heterocycles. The summed E-state index contributed by atoms with van der Waals surface area (Å²) in [5, 5.41) is 20.7. The number of nitrogens with one attached hydrogen (secondary N) is 1. The van der Waals surface area contributed by atoms with Crippen molar-refractivity contribution in [1.82, 2.24) is 20.1 Å². The standard InChI is InChI=1S/C16H24N6O2S/c1-11(14(24)19-16(10-17)8-4-3-5-9-16)25-15-21-20-13(22(15)2)7-6-12(18)23/h11H,3-9H2,1-2H3,(H2,18,23)(H,19,24)/t11-/m1/s1. The summed E-state index contributed by atoms with van der Waals surface area (Å²) < 4.78 is 1.76. The van der Waals surface area contributed by atoms with E-state index in [4.69, 9.17) is 5.73 Å². The molecule has 1 saturated carbocycles. The lowest BCUT2D eigenvalue weighted by Gasteiger charge is -2.32. The van der Waals surface area contributed by atoms with Crippen LogP contribution in [0.5, 0.6) is 0 Å². The molecular formula is C16H24N6O2S. The molecule has 9 heteroatoms. The molecule has 1 aromatic rings. The van der Waals surface area contributed by atoms with Crippen LogP contribution in [0.25, 0.3) is 0 Å². The smallest absolute Gasteiger partial charge is 0.234 e. The molecule has 1 aliphatic rings. The molecule has 25 heavy (non-hydrogen) atoms. The van der Waals surface area contributed by atoms with Crippen molar-refractivity contribution in [3.63, 3.8) is 0 Å². The minimum atomic E-state index is -0.739. The maximum Gasteiger partial charge on any atom is 0.234 e. The van der Waals surface area contributed by atoms with Crippen molar-refractivity contribution < 1.29 is 9.59 Å². The van der Waals surface area contributed by atoms with E-state index >= 15 is 0 Å². The van der Waals surface area contributed by atoms with E-state index in [0.29, 0.717) is 30.2 Å². The molecule has 1 heterocycles. The highest BCUT2D eigenvalue weighted by Gasteiger charge is 2.35. The Hall–Kier alpha value is -2.08. The molecule has 0 spiro atoms.